The van der Waals surface area contributed by atoms with E-state index in [1.54, 1.807) is 29.8 Å². The Hall–Kier alpha value is -2.23. The second kappa shape index (κ2) is 5.15. The highest BCUT2D eigenvalue weighted by Gasteiger charge is 2.15. The summed E-state index contributed by atoms with van der Waals surface area (Å²) in [5.74, 6) is 0. The Morgan fingerprint density at radius 3 is 2.52 bits per heavy atom. The first-order chi connectivity index (χ1) is 11.1. The Balaban J connectivity index is 2.13. The molecule has 3 nitrogen and oxygen atoms in total. The number of nitrogens with one attached hydrogen (secondary N) is 1. The zero-order valence-electron chi connectivity index (χ0n) is 12.2. The van der Waals surface area contributed by atoms with E-state index in [9.17, 15) is 4.79 Å². The minimum Gasteiger partial charge on any atom is -0.341 e. The van der Waals surface area contributed by atoms with E-state index >= 15 is 0 Å². The molecule has 2 aromatic heterocycles. The molecule has 2 aromatic carbocycles. The molecule has 1 N–H and O–H groups in total. The van der Waals surface area contributed by atoms with Gasteiger partial charge in [-0.1, -0.05) is 47.5 Å². The van der Waals surface area contributed by atoms with Crippen LogP contribution in [0.25, 0.3) is 33.1 Å². The molecule has 0 unspecified atom stereocenters. The molecular weight excluding hydrogens is 331 g/mol. The lowest BCUT2D eigenvalue weighted by atomic mass is 10.0. The molecule has 0 amide bonds. The van der Waals surface area contributed by atoms with E-state index < -0.39 is 0 Å². The number of nitrogens with zero attached hydrogens (tertiary/aromatic N) is 1. The molecule has 0 fully saturated rings. The van der Waals surface area contributed by atoms with Gasteiger partial charge in [-0.25, -0.2) is 0 Å². The fraction of sp³-hybridized carbons (Fsp3) is 0.0556. The van der Waals surface area contributed by atoms with E-state index in [0.29, 0.717) is 21.2 Å². The maximum Gasteiger partial charge on any atom is 0.259 e. The van der Waals surface area contributed by atoms with Gasteiger partial charge in [0.2, 0.25) is 0 Å². The van der Waals surface area contributed by atoms with Crippen LogP contribution in [0.2, 0.25) is 10.0 Å². The van der Waals surface area contributed by atoms with Crippen LogP contribution in [0.4, 0.5) is 0 Å². The number of fused-ring (bicyclic) bond motifs is 3. The van der Waals surface area contributed by atoms with Crippen molar-refractivity contribution in [2.75, 3.05) is 0 Å². The van der Waals surface area contributed by atoms with Crippen molar-refractivity contribution in [1.82, 2.24) is 9.55 Å². The summed E-state index contributed by atoms with van der Waals surface area (Å²) in [7, 11) is 1.76. The molecule has 0 atom stereocenters. The summed E-state index contributed by atoms with van der Waals surface area (Å²) in [6.45, 7) is 0. The normalized spacial score (nSPS) is 11.4. The molecule has 4 aromatic rings. The third kappa shape index (κ3) is 2.16. The van der Waals surface area contributed by atoms with Gasteiger partial charge in [-0.2, -0.15) is 0 Å². The standard InChI is InChI=1S/C18H12Cl2N2O/c1-22-17-13(12-4-2-3-5-16(12)21-17)9-14(18(22)23)11-7-6-10(19)8-15(11)20/h2-9,21H,1H3. The number of aromatic nitrogens is 2. The second-order valence-corrected chi connectivity index (χ2v) is 6.32. The number of rotatable bonds is 1. The maximum atomic E-state index is 12.7. The van der Waals surface area contributed by atoms with Gasteiger partial charge in [-0.05, 0) is 24.3 Å². The van der Waals surface area contributed by atoms with Gasteiger partial charge in [-0.15, -0.1) is 0 Å². The summed E-state index contributed by atoms with van der Waals surface area (Å²) in [6.07, 6.45) is 0. The van der Waals surface area contributed by atoms with Crippen LogP contribution in [-0.2, 0) is 7.05 Å². The first-order valence-electron chi connectivity index (χ1n) is 7.12. The van der Waals surface area contributed by atoms with Crippen molar-refractivity contribution in [3.05, 3.63) is 68.9 Å². The highest BCUT2D eigenvalue weighted by Crippen LogP contribution is 2.32. The van der Waals surface area contributed by atoms with E-state index in [4.69, 9.17) is 23.2 Å². The van der Waals surface area contributed by atoms with Crippen molar-refractivity contribution in [2.24, 2.45) is 7.05 Å². The van der Waals surface area contributed by atoms with Crippen LogP contribution in [0, 0.1) is 0 Å². The zero-order valence-corrected chi connectivity index (χ0v) is 13.7. The molecular formula is C18H12Cl2N2O. The van der Waals surface area contributed by atoms with Crippen LogP contribution in [0.1, 0.15) is 0 Å². The number of aryl methyl sites for hydroxylation is 1. The minimum atomic E-state index is -0.103. The lowest BCUT2D eigenvalue weighted by Gasteiger charge is -2.08. The van der Waals surface area contributed by atoms with Gasteiger partial charge in [0.25, 0.3) is 5.56 Å². The van der Waals surface area contributed by atoms with Gasteiger partial charge in [0.05, 0.1) is 5.02 Å². The Labute approximate surface area is 142 Å². The quantitative estimate of drug-likeness (QED) is 0.519. The van der Waals surface area contributed by atoms with E-state index in [0.717, 1.165) is 21.9 Å². The molecule has 0 aliphatic heterocycles. The number of H-pyrrole nitrogens is 1. The highest BCUT2D eigenvalue weighted by atomic mass is 35.5. The van der Waals surface area contributed by atoms with E-state index in [1.165, 1.54) is 0 Å². The number of para-hydroxylation sites is 1. The average Bonchev–Trinajstić information content (AvgIpc) is 2.90. The first kappa shape index (κ1) is 14.4. The van der Waals surface area contributed by atoms with Crippen molar-refractivity contribution < 1.29 is 0 Å². The fourth-order valence-corrected chi connectivity index (χ4v) is 3.46. The monoisotopic (exact) mass is 342 g/mol. The van der Waals surface area contributed by atoms with Gasteiger partial charge >= 0.3 is 0 Å². The summed E-state index contributed by atoms with van der Waals surface area (Å²) in [5, 5.41) is 3.07. The molecule has 0 spiro atoms. The SMILES string of the molecule is Cn1c(=O)c(-c2ccc(Cl)cc2Cl)cc2c3ccccc3[nH]c21. The van der Waals surface area contributed by atoms with Gasteiger partial charge in [0, 0.05) is 39.5 Å². The highest BCUT2D eigenvalue weighted by molar-refractivity contribution is 6.36. The summed E-state index contributed by atoms with van der Waals surface area (Å²) in [4.78, 5) is 16.0. The van der Waals surface area contributed by atoms with Crippen molar-refractivity contribution >= 4 is 45.1 Å². The number of pyridine rings is 1. The van der Waals surface area contributed by atoms with E-state index in [2.05, 4.69) is 4.98 Å². The fourth-order valence-electron chi connectivity index (χ4n) is 2.95. The Morgan fingerprint density at radius 2 is 1.74 bits per heavy atom. The predicted molar refractivity (Wildman–Crippen MR) is 96.5 cm³/mol. The van der Waals surface area contributed by atoms with E-state index in [-0.39, 0.29) is 5.56 Å². The number of benzene rings is 2. The average molecular weight is 343 g/mol. The van der Waals surface area contributed by atoms with Gasteiger partial charge in [0.15, 0.2) is 0 Å². The Bertz CT molecular complexity index is 1130. The molecule has 0 aliphatic rings. The molecule has 5 heteroatoms. The van der Waals surface area contributed by atoms with Crippen LogP contribution >= 0.6 is 23.2 Å². The van der Waals surface area contributed by atoms with Crippen LogP contribution in [0.3, 0.4) is 0 Å². The lowest BCUT2D eigenvalue weighted by molar-refractivity contribution is 0.896. The molecule has 0 aliphatic carbocycles. The largest absolute Gasteiger partial charge is 0.341 e. The number of hydrogen-bond acceptors (Lipinski definition) is 1. The molecule has 4 rings (SSSR count). The van der Waals surface area contributed by atoms with Crippen LogP contribution in [0.5, 0.6) is 0 Å². The molecule has 0 saturated heterocycles. The van der Waals surface area contributed by atoms with Crippen molar-refractivity contribution in [3.8, 4) is 11.1 Å². The third-order valence-electron chi connectivity index (χ3n) is 4.11. The van der Waals surface area contributed by atoms with Crippen molar-refractivity contribution in [3.63, 3.8) is 0 Å². The van der Waals surface area contributed by atoms with Crippen molar-refractivity contribution in [2.45, 2.75) is 0 Å². The van der Waals surface area contributed by atoms with Crippen LogP contribution < -0.4 is 5.56 Å². The predicted octanol–water partition coefficient (Wildman–Crippen LogP) is 4.99. The number of halogens is 2. The smallest absolute Gasteiger partial charge is 0.259 e. The topological polar surface area (TPSA) is 37.8 Å². The molecule has 0 bridgehead atoms. The first-order valence-corrected chi connectivity index (χ1v) is 7.88. The Morgan fingerprint density at radius 1 is 0.957 bits per heavy atom. The molecule has 0 radical (unpaired) electrons. The van der Waals surface area contributed by atoms with E-state index in [1.807, 2.05) is 30.3 Å². The van der Waals surface area contributed by atoms with Crippen LogP contribution in [0.15, 0.2) is 53.3 Å². The maximum absolute atomic E-state index is 12.7. The summed E-state index contributed by atoms with van der Waals surface area (Å²) in [5.41, 5.74) is 2.94. The molecule has 2 heterocycles. The third-order valence-corrected chi connectivity index (χ3v) is 4.65. The molecule has 114 valence electrons. The Kier molecular flexibility index (Phi) is 3.22. The second-order valence-electron chi connectivity index (χ2n) is 5.48. The molecule has 0 saturated carbocycles. The number of aromatic amines is 1. The zero-order chi connectivity index (χ0) is 16.1. The molecule has 23 heavy (non-hydrogen) atoms. The van der Waals surface area contributed by atoms with Crippen molar-refractivity contribution in [1.29, 1.82) is 0 Å². The summed E-state index contributed by atoms with van der Waals surface area (Å²) < 4.78 is 1.62. The van der Waals surface area contributed by atoms with Crippen LogP contribution in [-0.4, -0.2) is 9.55 Å². The van der Waals surface area contributed by atoms with Gasteiger partial charge < -0.3 is 4.98 Å². The lowest BCUT2D eigenvalue weighted by Crippen LogP contribution is -2.19. The minimum absolute atomic E-state index is 0.103. The summed E-state index contributed by atoms with van der Waals surface area (Å²) in [6, 6.07) is 15.0. The summed E-state index contributed by atoms with van der Waals surface area (Å²) >= 11 is 12.2. The van der Waals surface area contributed by atoms with Gasteiger partial charge in [0.1, 0.15) is 5.65 Å². The van der Waals surface area contributed by atoms with Gasteiger partial charge in [-0.3, -0.25) is 9.36 Å². The number of hydrogen-bond donors (Lipinski definition) is 1.